The van der Waals surface area contributed by atoms with E-state index in [1.807, 2.05) is 0 Å². The van der Waals surface area contributed by atoms with E-state index in [4.69, 9.17) is 9.47 Å². The number of halogens is 1. The lowest BCUT2D eigenvalue weighted by atomic mass is 9.44. The summed E-state index contributed by atoms with van der Waals surface area (Å²) in [4.78, 5) is 14.7. The van der Waals surface area contributed by atoms with Crippen molar-refractivity contribution >= 4 is 5.97 Å². The molecule has 2 heterocycles. The van der Waals surface area contributed by atoms with Crippen molar-refractivity contribution < 1.29 is 40.8 Å². The van der Waals surface area contributed by atoms with Crippen LogP contribution >= 0.6 is 0 Å². The predicted octanol–water partition coefficient (Wildman–Crippen LogP) is 1.25. The second-order valence-corrected chi connectivity index (χ2v) is 14.7. The van der Waals surface area contributed by atoms with Crippen LogP contribution in [0, 0.1) is 34.5 Å². The Morgan fingerprint density at radius 1 is 1.00 bits per heavy atom. The summed E-state index contributed by atoms with van der Waals surface area (Å²) in [5.74, 6) is 2.60. The van der Waals surface area contributed by atoms with E-state index < -0.39 is 0 Å². The van der Waals surface area contributed by atoms with E-state index in [-0.39, 0.29) is 46.0 Å². The van der Waals surface area contributed by atoms with Crippen LogP contribution in [0.25, 0.3) is 0 Å². The van der Waals surface area contributed by atoms with Gasteiger partial charge in [0.1, 0.15) is 18.2 Å². The fraction of sp³-hybridized carbons (Fsp3) is 0.968. The van der Waals surface area contributed by atoms with Crippen LogP contribution in [0.3, 0.4) is 0 Å². The van der Waals surface area contributed by atoms with Crippen LogP contribution in [0.2, 0.25) is 0 Å². The van der Waals surface area contributed by atoms with Crippen molar-refractivity contribution in [3.05, 3.63) is 0 Å². The first-order chi connectivity index (χ1) is 17.7. The lowest BCUT2D eigenvalue weighted by molar-refractivity contribution is -0.940. The maximum atomic E-state index is 12.1. The van der Waals surface area contributed by atoms with E-state index >= 15 is 0 Å². The molecular weight excluding hydrogens is 544 g/mol. The lowest BCUT2D eigenvalue weighted by Gasteiger charge is -2.62. The maximum absolute atomic E-state index is 12.1. The SMILES string of the molecule is CC(=O)O[C@H]1C[C@@H]2CCC3C4C[C@H]([N+]5(C)CCCCC5)[C@H](O)[C@@]4(C)CCC3[C@@]2(C)C[C@@H]1N1CCOCC1.[Br-]. The number of hydrogen-bond acceptors (Lipinski definition) is 5. The van der Waals surface area contributed by atoms with Crippen molar-refractivity contribution in [3.8, 4) is 0 Å². The molecule has 6 rings (SSSR count). The zero-order chi connectivity index (χ0) is 26.0. The van der Waals surface area contributed by atoms with Crippen molar-refractivity contribution in [2.45, 2.75) is 109 Å². The Labute approximate surface area is 241 Å². The first-order valence-corrected chi connectivity index (χ1v) is 15.7. The maximum Gasteiger partial charge on any atom is 0.302 e. The molecule has 6 aliphatic rings. The second kappa shape index (κ2) is 10.9. The van der Waals surface area contributed by atoms with Gasteiger partial charge in [-0.2, -0.15) is 0 Å². The van der Waals surface area contributed by atoms with Gasteiger partial charge in [-0.25, -0.2) is 0 Å². The molecule has 0 radical (unpaired) electrons. The number of carbonyl (C=O) groups excluding carboxylic acids is 1. The molecule has 10 atom stereocenters. The van der Waals surface area contributed by atoms with Gasteiger partial charge in [0.25, 0.3) is 0 Å². The summed E-state index contributed by atoms with van der Waals surface area (Å²) in [6.07, 6.45) is 12.2. The molecule has 0 bridgehead atoms. The van der Waals surface area contributed by atoms with Gasteiger partial charge in [0.05, 0.1) is 33.4 Å². The van der Waals surface area contributed by atoms with Gasteiger partial charge >= 0.3 is 5.97 Å². The Morgan fingerprint density at radius 3 is 2.39 bits per heavy atom. The number of hydrogen-bond donors (Lipinski definition) is 1. The van der Waals surface area contributed by atoms with Crippen LogP contribution in [0.4, 0.5) is 0 Å². The number of esters is 1. The first kappa shape index (κ1) is 29.3. The quantitative estimate of drug-likeness (QED) is 0.392. The monoisotopic (exact) mass is 596 g/mol. The fourth-order valence-electron chi connectivity index (χ4n) is 11.0. The zero-order valence-corrected chi connectivity index (χ0v) is 26.0. The van der Waals surface area contributed by atoms with Gasteiger partial charge < -0.3 is 36.0 Å². The number of likely N-dealkylation sites (tertiary alicyclic amines) is 1. The minimum Gasteiger partial charge on any atom is -1.00 e. The van der Waals surface area contributed by atoms with Gasteiger partial charge in [0, 0.05) is 37.9 Å². The first-order valence-electron chi connectivity index (χ1n) is 15.7. The van der Waals surface area contributed by atoms with Gasteiger partial charge in [0.2, 0.25) is 0 Å². The third-order valence-corrected chi connectivity index (χ3v) is 13.1. The Hall–Kier alpha value is -0.210. The van der Waals surface area contributed by atoms with Crippen LogP contribution in [0.5, 0.6) is 0 Å². The van der Waals surface area contributed by atoms with Gasteiger partial charge in [-0.1, -0.05) is 13.8 Å². The number of quaternary nitrogens is 1. The molecule has 3 unspecified atom stereocenters. The van der Waals surface area contributed by atoms with Crippen molar-refractivity contribution in [1.82, 2.24) is 4.90 Å². The molecule has 6 fully saturated rings. The molecule has 7 heteroatoms. The summed E-state index contributed by atoms with van der Waals surface area (Å²) in [6.45, 7) is 12.6. The normalized spacial score (nSPS) is 48.7. The van der Waals surface area contributed by atoms with E-state index in [0.717, 1.165) is 55.5 Å². The average Bonchev–Trinajstić information content (AvgIpc) is 3.16. The smallest absolute Gasteiger partial charge is 0.302 e. The van der Waals surface area contributed by atoms with Gasteiger partial charge in [-0.05, 0) is 86.9 Å². The van der Waals surface area contributed by atoms with E-state index in [2.05, 4.69) is 25.8 Å². The number of rotatable bonds is 3. The van der Waals surface area contributed by atoms with Crippen molar-refractivity contribution in [1.29, 1.82) is 0 Å². The summed E-state index contributed by atoms with van der Waals surface area (Å²) < 4.78 is 12.8. The number of aliphatic hydroxyl groups is 1. The Bertz CT molecular complexity index is 861. The minimum atomic E-state index is -0.159. The molecule has 4 saturated carbocycles. The third-order valence-electron chi connectivity index (χ3n) is 13.1. The van der Waals surface area contributed by atoms with E-state index in [0.29, 0.717) is 23.9 Å². The number of fused-ring (bicyclic) bond motifs is 5. The summed E-state index contributed by atoms with van der Waals surface area (Å²) in [5.41, 5.74) is 0.364. The molecule has 0 amide bonds. The molecule has 0 aromatic rings. The highest BCUT2D eigenvalue weighted by Crippen LogP contribution is 2.67. The number of nitrogens with zero attached hydrogens (tertiary/aromatic N) is 2. The molecule has 4 aliphatic carbocycles. The van der Waals surface area contributed by atoms with Crippen LogP contribution in [0.1, 0.15) is 85.0 Å². The van der Waals surface area contributed by atoms with E-state index in [1.54, 1.807) is 6.92 Å². The Balaban J connectivity index is 0.00000294. The molecular formula is C31H53BrN2O4. The summed E-state index contributed by atoms with van der Waals surface area (Å²) >= 11 is 0. The highest BCUT2D eigenvalue weighted by molar-refractivity contribution is 5.66. The largest absolute Gasteiger partial charge is 1.00 e. The second-order valence-electron chi connectivity index (χ2n) is 14.7. The number of morpholine rings is 1. The number of carbonyl (C=O) groups is 1. The molecule has 2 aliphatic heterocycles. The minimum absolute atomic E-state index is 0. The van der Waals surface area contributed by atoms with E-state index in [9.17, 15) is 9.90 Å². The lowest BCUT2D eigenvalue weighted by Crippen LogP contribution is -3.00. The van der Waals surface area contributed by atoms with Crippen molar-refractivity contribution in [3.63, 3.8) is 0 Å². The molecule has 2 saturated heterocycles. The van der Waals surface area contributed by atoms with Gasteiger partial charge in [0.15, 0.2) is 0 Å². The number of aliphatic hydroxyl groups excluding tert-OH is 1. The average molecular weight is 598 g/mol. The summed E-state index contributed by atoms with van der Waals surface area (Å²) in [5, 5.41) is 11.9. The van der Waals surface area contributed by atoms with Crippen LogP contribution in [-0.4, -0.2) is 91.2 Å². The summed E-state index contributed by atoms with van der Waals surface area (Å²) in [7, 11) is 2.45. The Morgan fingerprint density at radius 2 is 1.71 bits per heavy atom. The van der Waals surface area contributed by atoms with Crippen LogP contribution in [-0.2, 0) is 14.3 Å². The topological polar surface area (TPSA) is 59.0 Å². The molecule has 218 valence electrons. The number of piperidine rings is 1. The third kappa shape index (κ3) is 4.72. The predicted molar refractivity (Wildman–Crippen MR) is 144 cm³/mol. The number of likely N-dealkylation sites (N-methyl/N-ethyl adjacent to an activating group) is 1. The van der Waals surface area contributed by atoms with Gasteiger partial charge in [-0.15, -0.1) is 0 Å². The van der Waals surface area contributed by atoms with Crippen LogP contribution < -0.4 is 17.0 Å². The molecule has 38 heavy (non-hydrogen) atoms. The molecule has 0 aromatic heterocycles. The molecule has 6 nitrogen and oxygen atoms in total. The standard InChI is InChI=1S/C31H53N2O4.BrH/c1-21(34)37-28-18-22-8-9-23-24(31(22,3)20-26(28)32-12-16-36-17-13-32)10-11-30(2)25(23)19-27(29(30)35)33(4)14-6-5-7-15-33;/h22-29,35H,5-20H2,1-4H3;1H/q+1;/p-1/t22-,23?,24?,25?,26-,27-,28-,29-,30-,31-;/m0./s1. The highest BCUT2D eigenvalue weighted by atomic mass is 79.9. The van der Waals surface area contributed by atoms with Crippen LogP contribution in [0.15, 0.2) is 0 Å². The van der Waals surface area contributed by atoms with Crippen molar-refractivity contribution in [2.24, 2.45) is 34.5 Å². The molecule has 1 N–H and O–H groups in total. The fourth-order valence-corrected chi connectivity index (χ4v) is 11.0. The molecule has 0 aromatic carbocycles. The summed E-state index contributed by atoms with van der Waals surface area (Å²) in [6, 6.07) is 0.723. The molecule has 0 spiro atoms. The zero-order valence-electron chi connectivity index (χ0n) is 24.4. The Kier molecular flexibility index (Phi) is 8.39. The van der Waals surface area contributed by atoms with Gasteiger partial charge in [-0.3, -0.25) is 9.69 Å². The van der Waals surface area contributed by atoms with E-state index in [1.165, 1.54) is 64.5 Å². The van der Waals surface area contributed by atoms with Crippen molar-refractivity contribution in [2.75, 3.05) is 46.4 Å². The number of ether oxygens (including phenoxy) is 2. The highest BCUT2D eigenvalue weighted by Gasteiger charge is 2.66.